The summed E-state index contributed by atoms with van der Waals surface area (Å²) in [5.74, 6) is 1.93. The molecular formula is C32H27BrN2O7S. The van der Waals surface area contributed by atoms with Gasteiger partial charge >= 0.3 is 5.97 Å². The summed E-state index contributed by atoms with van der Waals surface area (Å²) in [4.78, 5) is 32.2. The Balaban J connectivity index is 1.38. The molecule has 3 aromatic carbocycles. The molecule has 0 saturated carbocycles. The fourth-order valence-corrected chi connectivity index (χ4v) is 6.53. The average molecular weight is 664 g/mol. The summed E-state index contributed by atoms with van der Waals surface area (Å²) >= 11 is 4.90. The van der Waals surface area contributed by atoms with Gasteiger partial charge in [-0.2, -0.15) is 0 Å². The number of rotatable bonds is 8. The lowest BCUT2D eigenvalue weighted by molar-refractivity contribution is -0.136. The Kier molecular flexibility index (Phi) is 8.09. The molecule has 9 nitrogen and oxygen atoms in total. The number of nitrogens with zero attached hydrogens (tertiary/aromatic N) is 2. The van der Waals surface area contributed by atoms with E-state index >= 15 is 0 Å². The second-order valence-electron chi connectivity index (χ2n) is 9.70. The van der Waals surface area contributed by atoms with Gasteiger partial charge in [-0.3, -0.25) is 9.36 Å². The van der Waals surface area contributed by atoms with Crippen LogP contribution in [0.1, 0.15) is 36.1 Å². The number of ether oxygens (including phenoxy) is 5. The average Bonchev–Trinajstić information content (AvgIpc) is 3.63. The Bertz CT molecular complexity index is 1930. The zero-order valence-corrected chi connectivity index (χ0v) is 26.0. The molecule has 43 heavy (non-hydrogen) atoms. The molecule has 0 fully saturated rings. The van der Waals surface area contributed by atoms with E-state index in [0.29, 0.717) is 61.1 Å². The third-order valence-corrected chi connectivity index (χ3v) is 8.84. The molecular weight excluding hydrogens is 636 g/mol. The number of aromatic nitrogens is 1. The minimum absolute atomic E-state index is 0.207. The van der Waals surface area contributed by atoms with Gasteiger partial charge in [-0.25, -0.2) is 9.79 Å². The molecule has 0 N–H and O–H groups in total. The number of methoxy groups -OCH3 is 2. The molecule has 0 radical (unpaired) electrons. The second kappa shape index (κ2) is 12.1. The maximum absolute atomic E-state index is 13.9. The summed E-state index contributed by atoms with van der Waals surface area (Å²) in [6.07, 6.45) is 2.29. The molecule has 4 aromatic rings. The van der Waals surface area contributed by atoms with Crippen LogP contribution in [0.2, 0.25) is 0 Å². The first-order valence-corrected chi connectivity index (χ1v) is 15.1. The monoisotopic (exact) mass is 662 g/mol. The Morgan fingerprint density at radius 2 is 1.88 bits per heavy atom. The highest BCUT2D eigenvalue weighted by molar-refractivity contribution is 9.10. The van der Waals surface area contributed by atoms with E-state index in [-0.39, 0.29) is 12.4 Å². The predicted octanol–water partition coefficient (Wildman–Crippen LogP) is 4.88. The summed E-state index contributed by atoms with van der Waals surface area (Å²) in [6.45, 7) is 2.43. The number of thiazole rings is 1. The van der Waals surface area contributed by atoms with Crippen molar-refractivity contribution < 1.29 is 28.5 Å². The predicted molar refractivity (Wildman–Crippen MR) is 164 cm³/mol. The number of carbonyl (C=O) groups excluding carboxylic acids is 1. The smallest absolute Gasteiger partial charge is 0.338 e. The van der Waals surface area contributed by atoms with Crippen LogP contribution in [0.4, 0.5) is 0 Å². The van der Waals surface area contributed by atoms with E-state index in [4.69, 9.17) is 28.7 Å². The number of carbonyl (C=O) groups is 1. The van der Waals surface area contributed by atoms with Gasteiger partial charge in [0.1, 0.15) is 6.61 Å². The van der Waals surface area contributed by atoms with Gasteiger partial charge in [0.15, 0.2) is 27.8 Å². The highest BCUT2D eigenvalue weighted by atomic mass is 79.9. The largest absolute Gasteiger partial charge is 0.493 e. The molecule has 2 aliphatic rings. The second-order valence-corrected chi connectivity index (χ2v) is 11.6. The van der Waals surface area contributed by atoms with Crippen LogP contribution >= 0.6 is 27.3 Å². The Morgan fingerprint density at radius 3 is 2.63 bits per heavy atom. The van der Waals surface area contributed by atoms with Crippen LogP contribution in [0.15, 0.2) is 86.2 Å². The van der Waals surface area contributed by atoms with Gasteiger partial charge < -0.3 is 23.7 Å². The van der Waals surface area contributed by atoms with E-state index in [1.165, 1.54) is 18.4 Å². The van der Waals surface area contributed by atoms with E-state index in [1.54, 1.807) is 17.8 Å². The van der Waals surface area contributed by atoms with Crippen LogP contribution in [-0.4, -0.2) is 31.5 Å². The van der Waals surface area contributed by atoms with Crippen molar-refractivity contribution in [3.05, 3.63) is 113 Å². The van der Waals surface area contributed by atoms with Gasteiger partial charge in [0.05, 0.1) is 36.1 Å². The summed E-state index contributed by atoms with van der Waals surface area (Å²) in [5.41, 5.74) is 3.13. The quantitative estimate of drug-likeness (QED) is 0.248. The number of halogens is 1. The minimum atomic E-state index is -0.660. The SMILES string of the molecule is CCC1=C(C(=O)OC)[C@H](c2ccccc2)n2c(s/c(=C\c3cc(OC)c(OCc4ccc5c(c4)OCO5)cc3Br)c2=O)=N1. The third kappa shape index (κ3) is 5.46. The molecule has 220 valence electrons. The number of fused-ring (bicyclic) bond motifs is 2. The van der Waals surface area contributed by atoms with Gasteiger partial charge in [0.25, 0.3) is 5.56 Å². The standard InChI is InChI=1S/C32H27BrN2O7S/c1-4-22-28(31(37)39-3)29(19-8-6-5-7-9-19)35-30(36)27(43-32(35)34-22)14-20-13-24(38-2)26(15-21(20)33)40-16-18-10-11-23-25(12-18)42-17-41-23/h5-15,29H,4,16-17H2,1-3H3/b27-14-/t29-/m0/s1. The molecule has 6 rings (SSSR count). The topological polar surface area (TPSA) is 97.6 Å². The third-order valence-electron chi connectivity index (χ3n) is 7.17. The van der Waals surface area contributed by atoms with E-state index < -0.39 is 12.0 Å². The van der Waals surface area contributed by atoms with E-state index in [1.807, 2.05) is 67.6 Å². The van der Waals surface area contributed by atoms with Crippen LogP contribution in [0.3, 0.4) is 0 Å². The van der Waals surface area contributed by atoms with Crippen molar-refractivity contribution in [1.82, 2.24) is 4.57 Å². The molecule has 11 heteroatoms. The first-order chi connectivity index (χ1) is 20.9. The molecule has 0 amide bonds. The number of hydrogen-bond acceptors (Lipinski definition) is 9. The van der Waals surface area contributed by atoms with Crippen molar-refractivity contribution in [1.29, 1.82) is 0 Å². The Hall–Kier alpha value is -4.35. The highest BCUT2D eigenvalue weighted by Gasteiger charge is 2.33. The number of esters is 1. The molecule has 2 aliphatic heterocycles. The van der Waals surface area contributed by atoms with Crippen molar-refractivity contribution in [2.24, 2.45) is 4.99 Å². The van der Waals surface area contributed by atoms with Gasteiger partial charge in [0, 0.05) is 4.47 Å². The zero-order valence-electron chi connectivity index (χ0n) is 23.6. The molecule has 1 atom stereocenters. The maximum Gasteiger partial charge on any atom is 0.338 e. The lowest BCUT2D eigenvalue weighted by atomic mass is 9.95. The van der Waals surface area contributed by atoms with E-state index in [0.717, 1.165) is 16.7 Å². The zero-order chi connectivity index (χ0) is 30.1. The summed E-state index contributed by atoms with van der Waals surface area (Å²) in [7, 11) is 2.90. The first-order valence-electron chi connectivity index (χ1n) is 13.5. The van der Waals surface area contributed by atoms with Crippen LogP contribution in [0, 0.1) is 0 Å². The fraction of sp³-hybridized carbons (Fsp3) is 0.219. The van der Waals surface area contributed by atoms with Crippen molar-refractivity contribution in [3.63, 3.8) is 0 Å². The van der Waals surface area contributed by atoms with Crippen LogP contribution < -0.4 is 33.8 Å². The van der Waals surface area contributed by atoms with Gasteiger partial charge in [0.2, 0.25) is 6.79 Å². The van der Waals surface area contributed by atoms with Gasteiger partial charge in [-0.1, -0.05) is 70.6 Å². The Labute approximate surface area is 259 Å². The fourth-order valence-electron chi connectivity index (χ4n) is 5.08. The molecule has 0 saturated heterocycles. The normalized spacial score (nSPS) is 15.6. The number of benzene rings is 3. The number of allylic oxidation sites excluding steroid dienone is 1. The summed E-state index contributed by atoms with van der Waals surface area (Å²) in [6, 6.07) is 18.1. The Morgan fingerprint density at radius 1 is 1.09 bits per heavy atom. The van der Waals surface area contributed by atoms with Crippen molar-refractivity contribution in [2.75, 3.05) is 21.0 Å². The van der Waals surface area contributed by atoms with E-state index in [2.05, 4.69) is 15.9 Å². The molecule has 1 aromatic heterocycles. The van der Waals surface area contributed by atoms with Crippen molar-refractivity contribution in [3.8, 4) is 23.0 Å². The number of hydrogen-bond donors (Lipinski definition) is 0. The molecule has 0 unspecified atom stereocenters. The molecule has 0 spiro atoms. The minimum Gasteiger partial charge on any atom is -0.493 e. The van der Waals surface area contributed by atoms with Gasteiger partial charge in [-0.05, 0) is 53.5 Å². The summed E-state index contributed by atoms with van der Waals surface area (Å²) < 4.78 is 30.4. The highest BCUT2D eigenvalue weighted by Crippen LogP contribution is 2.36. The van der Waals surface area contributed by atoms with Crippen LogP contribution in [0.25, 0.3) is 6.08 Å². The molecule has 0 bridgehead atoms. The lowest BCUT2D eigenvalue weighted by Gasteiger charge is -2.25. The van der Waals surface area contributed by atoms with Gasteiger partial charge in [-0.15, -0.1) is 0 Å². The van der Waals surface area contributed by atoms with E-state index in [9.17, 15) is 9.59 Å². The first kappa shape index (κ1) is 28.8. The summed E-state index contributed by atoms with van der Waals surface area (Å²) in [5, 5.41) is 0. The van der Waals surface area contributed by atoms with Crippen molar-refractivity contribution >= 4 is 39.3 Å². The van der Waals surface area contributed by atoms with Crippen LogP contribution in [-0.2, 0) is 16.1 Å². The lowest BCUT2D eigenvalue weighted by Crippen LogP contribution is -2.40. The maximum atomic E-state index is 13.9. The molecule has 0 aliphatic carbocycles. The van der Waals surface area contributed by atoms with Crippen molar-refractivity contribution in [2.45, 2.75) is 26.0 Å². The van der Waals surface area contributed by atoms with Crippen LogP contribution in [0.5, 0.6) is 23.0 Å². The molecule has 3 heterocycles.